The summed E-state index contributed by atoms with van der Waals surface area (Å²) in [5, 5.41) is 4.89. The summed E-state index contributed by atoms with van der Waals surface area (Å²) in [6.07, 6.45) is 15.0. The number of ether oxygens (including phenoxy) is 1. The fraction of sp³-hybridized carbons (Fsp3) is 0.126. The van der Waals surface area contributed by atoms with Crippen LogP contribution in [0.5, 0.6) is 0 Å². The summed E-state index contributed by atoms with van der Waals surface area (Å²) < 4.78 is 15.4. The fourth-order valence-electron chi connectivity index (χ4n) is 18.4. The summed E-state index contributed by atoms with van der Waals surface area (Å²) in [6, 6.07) is 138. The van der Waals surface area contributed by atoms with Gasteiger partial charge in [0.15, 0.2) is 0 Å². The van der Waals surface area contributed by atoms with Crippen molar-refractivity contribution in [2.24, 2.45) is 0 Å². The monoisotopic (exact) mass is 1650 g/mol. The SMILES string of the molecule is C.C#CC#CC#C.C1CCOC1.C=Cc1ccc(-c2ccc3c(c2)c2cc(N(c4ccc(-c5ccccc5)cc4)c4ccc5c(c4)C(C)(C)c4ccccc4-5)ccc2n3-c2ccccc2)cc1.CCC(C)c1ccc(-c2ccc3c(c2)c2cc(N(c4ccc(-c5ccccc5)cc4)c4ccc5c(c4)C(C)(C)c4ccccc4-5)ccc2n3-c2ccccc2)cc1.[B].[NH]=[Al]. The van der Waals surface area contributed by atoms with E-state index in [1.165, 1.54) is 151 Å². The van der Waals surface area contributed by atoms with E-state index in [2.05, 4.69) is 467 Å². The molecule has 1 unspecified atom stereocenters. The first-order valence-corrected chi connectivity index (χ1v) is 43.6. The van der Waals surface area contributed by atoms with E-state index in [0.717, 1.165) is 70.7 Å². The molecule has 16 aromatic carbocycles. The molecule has 1 atom stereocenters. The molecule has 1 N–H and O–H groups in total. The van der Waals surface area contributed by atoms with E-state index in [4.69, 9.17) is 21.9 Å². The van der Waals surface area contributed by atoms with Gasteiger partial charge in [-0.25, -0.2) is 0 Å². The van der Waals surface area contributed by atoms with Crippen LogP contribution in [0, 0.1) is 40.9 Å². The zero-order valence-corrected chi connectivity index (χ0v) is 73.4. The van der Waals surface area contributed by atoms with Crippen LogP contribution in [-0.2, 0) is 15.6 Å². The standard InChI is InChI=1S/C55H46N2.C53H40N2.C6H2.C4H8O.CH4.Al.B.HN/c1-5-37(2)38-20-22-41(23-21-38)42-26-32-53-49(34-42)50-35-45(30-33-54(50)57(53)43-16-10-7-11-17-43)56(44-27-24-40(25-28-44)39-14-8-6-9-15-39)46-29-31-48-47-18-12-13-19-51(47)55(3,4)52(48)36-46;1-4-36-19-21-39(22-20-36)40-25-31-51-47(33-40)48-34-43(29-32-52(48)55(51)41-15-9-6-10-16-41)54(42-26-23-38(24-27-42)37-13-7-5-8-14-37)44-28-30-46-45-17-11-12-18-49(45)53(2,3)50(46)35-44;1-3-5-6-4-2;1-2-4-5-3-1;;;;/h6-37H,5H2,1-4H3;4-35H,1H2,2-3H3;1-2H;1-4H2;1H4;;;1H. The summed E-state index contributed by atoms with van der Waals surface area (Å²) >= 11 is 1.67. The van der Waals surface area contributed by atoms with Crippen molar-refractivity contribution in [2.45, 2.75) is 85.0 Å². The van der Waals surface area contributed by atoms with Crippen molar-refractivity contribution in [3.63, 3.8) is 0 Å². The second-order valence-corrected chi connectivity index (χ2v) is 33.1. The van der Waals surface area contributed by atoms with E-state index < -0.39 is 0 Å². The Hall–Kier alpha value is -14.5. The summed E-state index contributed by atoms with van der Waals surface area (Å²) in [5.41, 5.74) is 36.5. The number of nitrogens with one attached hydrogen (secondary N) is 1. The van der Waals surface area contributed by atoms with Crippen LogP contribution in [-0.4, -0.2) is 46.9 Å². The molecule has 4 radical (unpaired) electrons. The number of para-hydroxylation sites is 2. The Labute approximate surface area is 759 Å². The first kappa shape index (κ1) is 87.4. The van der Waals surface area contributed by atoms with Gasteiger partial charge in [0, 0.05) is 99.5 Å². The van der Waals surface area contributed by atoms with Gasteiger partial charge < -0.3 is 23.7 Å². The Morgan fingerprint density at radius 2 is 0.669 bits per heavy atom. The molecule has 2 aromatic heterocycles. The average Bonchev–Trinajstić information content (AvgIpc) is 1.58. The Balaban J connectivity index is 0.000000169. The molecule has 18 aromatic rings. The second-order valence-electron chi connectivity index (χ2n) is 33.1. The molecular weight excluding hydrogens is 1550 g/mol. The van der Waals surface area contributed by atoms with Crippen LogP contribution in [0.15, 0.2) is 383 Å². The summed E-state index contributed by atoms with van der Waals surface area (Å²) in [5.74, 6) is 9.16. The number of aromatic nitrogens is 2. The van der Waals surface area contributed by atoms with Crippen molar-refractivity contribution in [1.29, 1.82) is 4.35 Å². The van der Waals surface area contributed by atoms with Gasteiger partial charge in [-0.05, 0) is 282 Å². The summed E-state index contributed by atoms with van der Waals surface area (Å²) in [7, 11) is 0. The molecule has 2 aliphatic carbocycles. The number of anilines is 6. The molecule has 0 spiro atoms. The Morgan fingerprint density at radius 1 is 0.370 bits per heavy atom. The molecular formula is C119H101AlBN5O. The van der Waals surface area contributed by atoms with E-state index in [1.54, 1.807) is 16.1 Å². The van der Waals surface area contributed by atoms with Crippen molar-refractivity contribution in [2.75, 3.05) is 23.0 Å². The number of terminal acetylenes is 2. The van der Waals surface area contributed by atoms with Gasteiger partial charge in [-0.2, -0.15) is 0 Å². The van der Waals surface area contributed by atoms with Crippen LogP contribution in [0.25, 0.3) is 128 Å². The number of fused-ring (bicyclic) bond motifs is 12. The zero-order valence-electron chi connectivity index (χ0n) is 72.2. The molecule has 127 heavy (non-hydrogen) atoms. The van der Waals surface area contributed by atoms with Gasteiger partial charge in [-0.3, -0.25) is 0 Å². The Morgan fingerprint density at radius 3 is 1.04 bits per heavy atom. The number of hydrogen-bond donors (Lipinski definition) is 1. The maximum atomic E-state index is 5.67. The van der Waals surface area contributed by atoms with Gasteiger partial charge in [0.05, 0.1) is 22.1 Å². The maximum absolute atomic E-state index is 5.67. The third kappa shape index (κ3) is 17.4. The van der Waals surface area contributed by atoms with Gasteiger partial charge in [-0.1, -0.05) is 304 Å². The molecule has 0 amide bonds. The van der Waals surface area contributed by atoms with Crippen LogP contribution in [0.3, 0.4) is 0 Å². The molecule has 0 bridgehead atoms. The van der Waals surface area contributed by atoms with E-state index >= 15 is 0 Å². The number of nitrogens with zero attached hydrogens (tertiary/aromatic N) is 4. The van der Waals surface area contributed by atoms with E-state index in [0.29, 0.717) is 5.92 Å². The molecule has 0 saturated carbocycles. The number of benzene rings is 16. The molecule has 1 aliphatic heterocycles. The minimum atomic E-state index is -0.113. The molecule has 3 heterocycles. The van der Waals surface area contributed by atoms with Gasteiger partial charge in [0.1, 0.15) is 0 Å². The third-order valence-electron chi connectivity index (χ3n) is 25.1. The van der Waals surface area contributed by atoms with E-state index in [9.17, 15) is 0 Å². The third-order valence-corrected chi connectivity index (χ3v) is 25.1. The quantitative estimate of drug-likeness (QED) is 0.0822. The van der Waals surface area contributed by atoms with Crippen molar-refractivity contribution >= 4 is 108 Å². The molecule has 1 saturated heterocycles. The normalized spacial score (nSPS) is 12.7. The average molecular weight is 1650 g/mol. The van der Waals surface area contributed by atoms with Crippen LogP contribution in [0.2, 0.25) is 0 Å². The predicted octanol–water partition coefficient (Wildman–Crippen LogP) is 31.2. The van der Waals surface area contributed by atoms with Crippen LogP contribution in [0.1, 0.15) is 108 Å². The molecule has 3 aliphatic rings. The van der Waals surface area contributed by atoms with Gasteiger partial charge >= 0.3 is 20.4 Å². The zero-order chi connectivity index (χ0) is 86.1. The topological polar surface area (TPSA) is 49.4 Å². The van der Waals surface area contributed by atoms with Crippen molar-refractivity contribution in [3.8, 4) is 115 Å². The van der Waals surface area contributed by atoms with Gasteiger partial charge in [0.2, 0.25) is 0 Å². The van der Waals surface area contributed by atoms with Crippen molar-refractivity contribution in [1.82, 2.24) is 9.13 Å². The van der Waals surface area contributed by atoms with Crippen LogP contribution in [0.4, 0.5) is 34.1 Å². The Kier molecular flexibility index (Phi) is 26.6. The van der Waals surface area contributed by atoms with Gasteiger partial charge in [-0.15, -0.1) is 12.8 Å². The van der Waals surface area contributed by atoms with Crippen molar-refractivity contribution in [3.05, 3.63) is 416 Å². The second kappa shape index (κ2) is 38.7. The molecule has 614 valence electrons. The van der Waals surface area contributed by atoms with Crippen LogP contribution < -0.4 is 9.80 Å². The molecule has 6 nitrogen and oxygen atoms in total. The van der Waals surface area contributed by atoms with E-state index in [-0.39, 0.29) is 26.7 Å². The fourth-order valence-corrected chi connectivity index (χ4v) is 18.4. The number of hydrogen-bond acceptors (Lipinski definition) is 4. The van der Waals surface area contributed by atoms with E-state index in [1.807, 2.05) is 6.08 Å². The van der Waals surface area contributed by atoms with Gasteiger partial charge in [0.25, 0.3) is 0 Å². The first-order valence-electron chi connectivity index (χ1n) is 43.1. The molecule has 1 fully saturated rings. The summed E-state index contributed by atoms with van der Waals surface area (Å²) in [4.78, 5) is 4.87. The van der Waals surface area contributed by atoms with Crippen LogP contribution >= 0.6 is 0 Å². The minimum absolute atomic E-state index is 0. The van der Waals surface area contributed by atoms with Crippen molar-refractivity contribution < 1.29 is 4.74 Å². The Bertz CT molecular complexity index is 7100. The predicted molar refractivity (Wildman–Crippen MR) is 543 cm³/mol. The molecule has 21 rings (SSSR count). The summed E-state index contributed by atoms with van der Waals surface area (Å²) in [6.45, 7) is 19.9. The number of rotatable bonds is 15. The molecule has 8 heteroatoms. The first-order chi connectivity index (χ1) is 61.3.